The lowest BCUT2D eigenvalue weighted by molar-refractivity contribution is -0.904. The van der Waals surface area contributed by atoms with E-state index in [1.165, 1.54) is 10.3 Å². The van der Waals surface area contributed by atoms with E-state index >= 15 is 0 Å². The number of H-pyrrole nitrogens is 1. The van der Waals surface area contributed by atoms with E-state index in [9.17, 15) is 9.59 Å². The number of hydrogen-bond acceptors (Lipinski definition) is 5. The van der Waals surface area contributed by atoms with E-state index in [-0.39, 0.29) is 18.0 Å². The summed E-state index contributed by atoms with van der Waals surface area (Å²) in [6, 6.07) is 21.3. The number of nitrogens with zero attached hydrogens (tertiary/aromatic N) is 2. The zero-order valence-electron chi connectivity index (χ0n) is 19.6. The smallest absolute Gasteiger partial charge is 0.279 e. The number of fused-ring (bicyclic) bond motifs is 2. The molecule has 0 aliphatic carbocycles. The zero-order chi connectivity index (χ0) is 24.4. The van der Waals surface area contributed by atoms with Crippen LogP contribution in [0.2, 0.25) is 0 Å². The number of anilines is 1. The molecule has 0 aliphatic heterocycles. The molecule has 0 aliphatic rings. The molecule has 3 aromatic carbocycles. The predicted octanol–water partition coefficient (Wildman–Crippen LogP) is 3.55. The third-order valence-electron chi connectivity index (χ3n) is 5.95. The van der Waals surface area contributed by atoms with Crippen molar-refractivity contribution in [1.82, 2.24) is 15.0 Å². The maximum atomic E-state index is 12.7. The SMILES string of the molecule is CC[NH+](CC(=O)Nc1ccc(-c2nc3ccc(C)cc3s2)cc1)Cc1nc2ccccc2c(=O)[nH]1. The van der Waals surface area contributed by atoms with E-state index < -0.39 is 0 Å². The lowest BCUT2D eigenvalue weighted by atomic mass is 10.2. The number of nitrogens with one attached hydrogen (secondary N) is 3. The average molecular weight is 485 g/mol. The number of thiazole rings is 1. The van der Waals surface area contributed by atoms with Crippen molar-refractivity contribution in [3.8, 4) is 10.6 Å². The predicted molar refractivity (Wildman–Crippen MR) is 141 cm³/mol. The van der Waals surface area contributed by atoms with Crippen molar-refractivity contribution in [2.45, 2.75) is 20.4 Å². The van der Waals surface area contributed by atoms with Crippen LogP contribution in [0.15, 0.2) is 71.5 Å². The highest BCUT2D eigenvalue weighted by Crippen LogP contribution is 2.31. The summed E-state index contributed by atoms with van der Waals surface area (Å²) in [6.07, 6.45) is 0. The number of carbonyl (C=O) groups is 1. The molecule has 0 radical (unpaired) electrons. The first-order chi connectivity index (χ1) is 17.0. The van der Waals surface area contributed by atoms with Crippen molar-refractivity contribution in [2.75, 3.05) is 18.4 Å². The van der Waals surface area contributed by atoms with Crippen LogP contribution >= 0.6 is 11.3 Å². The second kappa shape index (κ2) is 9.77. The third kappa shape index (κ3) is 5.13. The van der Waals surface area contributed by atoms with Gasteiger partial charge < -0.3 is 15.2 Å². The van der Waals surface area contributed by atoms with E-state index in [4.69, 9.17) is 4.98 Å². The Kier molecular flexibility index (Phi) is 6.39. The summed E-state index contributed by atoms with van der Waals surface area (Å²) < 4.78 is 1.17. The summed E-state index contributed by atoms with van der Waals surface area (Å²) in [4.78, 5) is 38.2. The van der Waals surface area contributed by atoms with Gasteiger partial charge in [0.25, 0.3) is 11.5 Å². The molecule has 2 heterocycles. The number of carbonyl (C=O) groups excluding carboxylic acids is 1. The molecule has 35 heavy (non-hydrogen) atoms. The molecule has 0 saturated carbocycles. The van der Waals surface area contributed by atoms with E-state index in [0.717, 1.165) is 33.2 Å². The minimum atomic E-state index is -0.158. The molecule has 0 saturated heterocycles. The van der Waals surface area contributed by atoms with Gasteiger partial charge in [-0.25, -0.2) is 9.97 Å². The van der Waals surface area contributed by atoms with Gasteiger partial charge in [-0.05, 0) is 67.9 Å². The first-order valence-corrected chi connectivity index (χ1v) is 12.4. The second-order valence-electron chi connectivity index (χ2n) is 8.60. The molecule has 0 fully saturated rings. The summed E-state index contributed by atoms with van der Waals surface area (Å²) in [5.74, 6) is 0.488. The summed E-state index contributed by atoms with van der Waals surface area (Å²) in [6.45, 7) is 5.54. The maximum Gasteiger partial charge on any atom is 0.279 e. The highest BCUT2D eigenvalue weighted by Gasteiger charge is 2.16. The number of quaternary nitrogens is 1. The summed E-state index contributed by atoms with van der Waals surface area (Å²) in [7, 11) is 0. The van der Waals surface area contributed by atoms with Crippen LogP contribution in [-0.4, -0.2) is 33.9 Å². The summed E-state index contributed by atoms with van der Waals surface area (Å²) in [5, 5.41) is 4.50. The number of likely N-dealkylation sites (N-methyl/N-ethyl adjacent to an activating group) is 1. The quantitative estimate of drug-likeness (QED) is 0.329. The standard InChI is InChI=1S/C27H25N5O2S/c1-3-32(15-24-29-21-7-5-4-6-20(21)26(34)31-24)16-25(33)28-19-11-9-18(10-12-19)27-30-22-13-8-17(2)14-23(22)35-27/h4-14H,3,15-16H2,1-2H3,(H,28,33)(H,29,31,34)/p+1. The lowest BCUT2D eigenvalue weighted by Gasteiger charge is -2.17. The van der Waals surface area contributed by atoms with Crippen LogP contribution < -0.4 is 15.8 Å². The fourth-order valence-corrected chi connectivity index (χ4v) is 5.12. The number of para-hydroxylation sites is 1. The Morgan fingerprint density at radius 2 is 1.83 bits per heavy atom. The third-order valence-corrected chi connectivity index (χ3v) is 7.02. The van der Waals surface area contributed by atoms with Gasteiger partial charge in [0.15, 0.2) is 12.4 Å². The molecular formula is C27H26N5O2S+. The topological polar surface area (TPSA) is 92.2 Å². The van der Waals surface area contributed by atoms with Crippen LogP contribution in [0, 0.1) is 6.92 Å². The highest BCUT2D eigenvalue weighted by molar-refractivity contribution is 7.21. The zero-order valence-corrected chi connectivity index (χ0v) is 20.4. The van der Waals surface area contributed by atoms with Crippen LogP contribution in [0.3, 0.4) is 0 Å². The van der Waals surface area contributed by atoms with Gasteiger partial charge in [-0.2, -0.15) is 0 Å². The van der Waals surface area contributed by atoms with Gasteiger partial charge in [-0.3, -0.25) is 9.59 Å². The van der Waals surface area contributed by atoms with Gasteiger partial charge in [0, 0.05) is 11.3 Å². The number of aryl methyl sites for hydroxylation is 1. The van der Waals surface area contributed by atoms with Crippen LogP contribution in [0.4, 0.5) is 5.69 Å². The fraction of sp³-hybridized carbons (Fsp3) is 0.185. The number of aromatic nitrogens is 3. The Morgan fingerprint density at radius 3 is 2.63 bits per heavy atom. The maximum absolute atomic E-state index is 12.7. The van der Waals surface area contributed by atoms with Gasteiger partial charge in [0.05, 0.1) is 27.7 Å². The molecule has 176 valence electrons. The van der Waals surface area contributed by atoms with Gasteiger partial charge in [-0.1, -0.05) is 18.2 Å². The van der Waals surface area contributed by atoms with Crippen molar-refractivity contribution in [1.29, 1.82) is 0 Å². The molecule has 0 spiro atoms. The minimum Gasteiger partial charge on any atom is -0.321 e. The first kappa shape index (κ1) is 22.9. The van der Waals surface area contributed by atoms with Crippen LogP contribution in [-0.2, 0) is 11.3 Å². The number of amides is 1. The molecular weight excluding hydrogens is 458 g/mol. The minimum absolute atomic E-state index is 0.0896. The first-order valence-electron chi connectivity index (χ1n) is 11.6. The Bertz CT molecular complexity index is 1570. The van der Waals surface area contributed by atoms with Crippen LogP contribution in [0.1, 0.15) is 18.3 Å². The van der Waals surface area contributed by atoms with Crippen LogP contribution in [0.5, 0.6) is 0 Å². The highest BCUT2D eigenvalue weighted by atomic mass is 32.1. The Morgan fingerprint density at radius 1 is 1.03 bits per heavy atom. The fourth-order valence-electron chi connectivity index (χ4n) is 4.05. The lowest BCUT2D eigenvalue weighted by Crippen LogP contribution is -3.11. The molecule has 2 aromatic heterocycles. The number of benzene rings is 3. The Labute approximate surface area is 206 Å². The second-order valence-corrected chi connectivity index (χ2v) is 9.63. The van der Waals surface area contributed by atoms with Gasteiger partial charge >= 0.3 is 0 Å². The van der Waals surface area contributed by atoms with Gasteiger partial charge in [0.2, 0.25) is 0 Å². The van der Waals surface area contributed by atoms with Crippen molar-refractivity contribution in [3.05, 3.63) is 88.5 Å². The average Bonchev–Trinajstić information content (AvgIpc) is 3.27. The normalized spacial score (nSPS) is 12.2. The van der Waals surface area contributed by atoms with E-state index in [2.05, 4.69) is 34.3 Å². The van der Waals surface area contributed by atoms with E-state index in [1.807, 2.05) is 55.5 Å². The van der Waals surface area contributed by atoms with Crippen molar-refractivity contribution in [2.24, 2.45) is 0 Å². The molecule has 5 aromatic rings. The Balaban J connectivity index is 1.23. The molecule has 7 nitrogen and oxygen atoms in total. The molecule has 0 bridgehead atoms. The largest absolute Gasteiger partial charge is 0.321 e. The van der Waals surface area contributed by atoms with Crippen molar-refractivity contribution in [3.63, 3.8) is 0 Å². The monoisotopic (exact) mass is 484 g/mol. The molecule has 1 unspecified atom stereocenters. The van der Waals surface area contributed by atoms with Crippen LogP contribution in [0.25, 0.3) is 31.7 Å². The molecule has 1 atom stereocenters. The molecule has 3 N–H and O–H groups in total. The van der Waals surface area contributed by atoms with E-state index in [0.29, 0.717) is 23.3 Å². The number of rotatable bonds is 7. The summed E-state index contributed by atoms with van der Waals surface area (Å²) >= 11 is 1.67. The Hall–Kier alpha value is -3.88. The number of hydrogen-bond donors (Lipinski definition) is 3. The van der Waals surface area contributed by atoms with Crippen molar-refractivity contribution >= 4 is 44.1 Å². The number of aromatic amines is 1. The van der Waals surface area contributed by atoms with Gasteiger partial charge in [0.1, 0.15) is 11.6 Å². The van der Waals surface area contributed by atoms with Crippen molar-refractivity contribution < 1.29 is 9.69 Å². The summed E-state index contributed by atoms with van der Waals surface area (Å²) in [5.41, 5.74) is 4.48. The van der Waals surface area contributed by atoms with E-state index in [1.54, 1.807) is 17.4 Å². The van der Waals surface area contributed by atoms with Gasteiger partial charge in [-0.15, -0.1) is 11.3 Å². The molecule has 5 rings (SSSR count). The molecule has 1 amide bonds. The molecule has 8 heteroatoms.